The molecule has 0 radical (unpaired) electrons. The summed E-state index contributed by atoms with van der Waals surface area (Å²) in [4.78, 5) is 53.8. The van der Waals surface area contributed by atoms with E-state index >= 15 is 0 Å². The monoisotopic (exact) mass is 654 g/mol. The number of carboxylic acids is 1. The molecular weight excluding hydrogens is 608 g/mol. The quantitative estimate of drug-likeness (QED) is 0.200. The topological polar surface area (TPSA) is 162 Å². The summed E-state index contributed by atoms with van der Waals surface area (Å²) in [7, 11) is -3.59. The summed E-state index contributed by atoms with van der Waals surface area (Å²) in [5, 5.41) is 15.1. The number of carbonyl (C=O) groups excluding carboxylic acids is 3. The minimum atomic E-state index is -3.59. The van der Waals surface area contributed by atoms with Crippen LogP contribution < -0.4 is 10.6 Å². The third-order valence-corrected chi connectivity index (χ3v) is 12.1. The maximum Gasteiger partial charge on any atom is 0.407 e. The molecular formula is C30H46N4O8S2. The van der Waals surface area contributed by atoms with Crippen LogP contribution >= 0.6 is 11.8 Å². The molecule has 12 nitrogen and oxygen atoms in total. The molecule has 1 saturated carbocycles. The van der Waals surface area contributed by atoms with Gasteiger partial charge in [-0.25, -0.2) is 18.0 Å². The molecule has 4 aliphatic rings. The van der Waals surface area contributed by atoms with Crippen LogP contribution in [0.25, 0.3) is 0 Å². The number of alkyl carbamates (subject to hydrolysis) is 1. The number of thioether (sulfide) groups is 1. The number of likely N-dealkylation sites (tertiary alicyclic amines) is 1. The minimum Gasteiger partial charge on any atom is -0.479 e. The van der Waals surface area contributed by atoms with Gasteiger partial charge in [0.1, 0.15) is 24.2 Å². The molecule has 2 fully saturated rings. The van der Waals surface area contributed by atoms with Crippen LogP contribution in [-0.2, 0) is 29.1 Å². The van der Waals surface area contributed by atoms with E-state index < -0.39 is 63.5 Å². The standard InChI is InChI=1S/C30H46N4O8S2/c1-5-6-7-8-9-11-20-16-30(20,27(37)38)32-26(36)21-12-10-14-34(21)25(35)17-31-28(39)42-24(29(2,3)4)19-33-18-22-23(13-15-43-22)44(33,40)41/h9,11,20-21,24H,5-8,10,12-19H2,1-4H3,(H,31,39)(H,32,36)(H,37,38)/b11-9-/t20?,21-,24?,30+/m0/s1. The lowest BCUT2D eigenvalue weighted by Crippen LogP contribution is -2.54. The second-order valence-corrected chi connectivity index (χ2v) is 16.3. The van der Waals surface area contributed by atoms with E-state index in [1.54, 1.807) is 11.8 Å². The van der Waals surface area contributed by atoms with Crippen molar-refractivity contribution in [3.05, 3.63) is 22.0 Å². The van der Waals surface area contributed by atoms with E-state index in [1.165, 1.54) is 9.21 Å². The number of ether oxygens (including phenoxy) is 1. The molecule has 246 valence electrons. The van der Waals surface area contributed by atoms with Crippen LogP contribution in [0.1, 0.15) is 79.1 Å². The largest absolute Gasteiger partial charge is 0.479 e. The normalized spacial score (nSPS) is 27.0. The molecule has 4 rings (SSSR count). The molecule has 0 aromatic heterocycles. The first kappa shape index (κ1) is 34.3. The molecule has 0 spiro atoms. The van der Waals surface area contributed by atoms with Gasteiger partial charge in [0.15, 0.2) is 0 Å². The number of allylic oxidation sites excluding steroid dienone is 2. The summed E-state index contributed by atoms with van der Waals surface area (Å²) in [6.07, 6.45) is 8.07. The SMILES string of the molecule is CCCCC/C=C\C1C[C@]1(NC(=O)[C@@H]1CCCN1C(=O)CNC(=O)OC(CN1CC2=C(CCS2)S1(=O)=O)C(C)(C)C)C(=O)O. The van der Waals surface area contributed by atoms with Crippen LogP contribution in [0.3, 0.4) is 0 Å². The van der Waals surface area contributed by atoms with Crippen molar-refractivity contribution in [2.24, 2.45) is 11.3 Å². The molecule has 3 N–H and O–H groups in total. The number of unbranched alkanes of at least 4 members (excludes halogenated alkanes) is 3. The van der Waals surface area contributed by atoms with E-state index in [0.717, 1.165) is 36.3 Å². The lowest BCUT2D eigenvalue weighted by Gasteiger charge is -2.33. The molecule has 1 aliphatic carbocycles. The van der Waals surface area contributed by atoms with Gasteiger partial charge in [-0.3, -0.25) is 9.59 Å². The average Bonchev–Trinajstić information content (AvgIpc) is 3.29. The van der Waals surface area contributed by atoms with Gasteiger partial charge in [0.05, 0.1) is 11.4 Å². The Bertz CT molecular complexity index is 1310. The third kappa shape index (κ3) is 7.61. The highest BCUT2D eigenvalue weighted by molar-refractivity contribution is 8.05. The molecule has 3 amide bonds. The van der Waals surface area contributed by atoms with Crippen LogP contribution in [0.2, 0.25) is 0 Å². The molecule has 4 atom stereocenters. The highest BCUT2D eigenvalue weighted by Gasteiger charge is 2.61. The van der Waals surface area contributed by atoms with Gasteiger partial charge in [-0.05, 0) is 38.5 Å². The maximum absolute atomic E-state index is 13.2. The summed E-state index contributed by atoms with van der Waals surface area (Å²) in [6.45, 7) is 7.81. The van der Waals surface area contributed by atoms with Crippen molar-refractivity contribution in [2.75, 3.05) is 31.9 Å². The van der Waals surface area contributed by atoms with Crippen molar-refractivity contribution in [1.29, 1.82) is 0 Å². The number of carbonyl (C=O) groups is 4. The summed E-state index contributed by atoms with van der Waals surface area (Å²) < 4.78 is 32.9. The van der Waals surface area contributed by atoms with Crippen molar-refractivity contribution < 1.29 is 37.4 Å². The number of aliphatic carboxylic acids is 1. The van der Waals surface area contributed by atoms with Crippen molar-refractivity contribution in [2.45, 2.75) is 96.7 Å². The fourth-order valence-corrected chi connectivity index (χ4v) is 9.35. The highest BCUT2D eigenvalue weighted by Crippen LogP contribution is 2.45. The number of carboxylic acid groups (broad SMARTS) is 1. The van der Waals surface area contributed by atoms with E-state index in [9.17, 15) is 32.7 Å². The molecule has 0 aromatic rings. The number of sulfonamides is 1. The Hall–Kier alpha value is -2.58. The minimum absolute atomic E-state index is 0.00458. The van der Waals surface area contributed by atoms with E-state index in [0.29, 0.717) is 37.1 Å². The van der Waals surface area contributed by atoms with Gasteiger partial charge in [-0.1, -0.05) is 52.7 Å². The Kier molecular flexibility index (Phi) is 10.8. The number of nitrogens with one attached hydrogen (secondary N) is 2. The first-order chi connectivity index (χ1) is 20.7. The van der Waals surface area contributed by atoms with Crippen LogP contribution in [0, 0.1) is 11.3 Å². The fraction of sp³-hybridized carbons (Fsp3) is 0.733. The zero-order valence-corrected chi connectivity index (χ0v) is 27.7. The summed E-state index contributed by atoms with van der Waals surface area (Å²) in [5.74, 6) is -1.64. The smallest absolute Gasteiger partial charge is 0.407 e. The predicted molar refractivity (Wildman–Crippen MR) is 167 cm³/mol. The number of hydrogen-bond acceptors (Lipinski definition) is 8. The van der Waals surface area contributed by atoms with Gasteiger partial charge in [-0.2, -0.15) is 4.31 Å². The zero-order valence-electron chi connectivity index (χ0n) is 26.1. The fourth-order valence-electron chi connectivity index (χ4n) is 5.93. The Morgan fingerprint density at radius 3 is 2.64 bits per heavy atom. The Morgan fingerprint density at radius 1 is 1.23 bits per heavy atom. The van der Waals surface area contributed by atoms with E-state index in [1.807, 2.05) is 32.9 Å². The predicted octanol–water partition coefficient (Wildman–Crippen LogP) is 3.21. The van der Waals surface area contributed by atoms with Crippen LogP contribution in [0.5, 0.6) is 0 Å². The molecule has 44 heavy (non-hydrogen) atoms. The van der Waals surface area contributed by atoms with Gasteiger partial charge in [0, 0.05) is 35.1 Å². The zero-order chi connectivity index (χ0) is 32.3. The lowest BCUT2D eigenvalue weighted by molar-refractivity contribution is -0.145. The van der Waals surface area contributed by atoms with Gasteiger partial charge in [-0.15, -0.1) is 11.8 Å². The van der Waals surface area contributed by atoms with Crippen molar-refractivity contribution in [3.63, 3.8) is 0 Å². The lowest BCUT2D eigenvalue weighted by atomic mass is 9.89. The van der Waals surface area contributed by atoms with Crippen molar-refractivity contribution in [1.82, 2.24) is 19.8 Å². The highest BCUT2D eigenvalue weighted by atomic mass is 32.2. The average molecular weight is 655 g/mol. The summed E-state index contributed by atoms with van der Waals surface area (Å²) >= 11 is 1.54. The first-order valence-corrected chi connectivity index (χ1v) is 17.9. The number of nitrogens with zero attached hydrogens (tertiary/aromatic N) is 2. The molecule has 1 saturated heterocycles. The molecule has 3 heterocycles. The number of rotatable bonds is 13. The molecule has 0 bridgehead atoms. The number of hydrogen-bond donors (Lipinski definition) is 3. The third-order valence-electron chi connectivity index (χ3n) is 8.82. The summed E-state index contributed by atoms with van der Waals surface area (Å²) in [5.41, 5.74) is -1.95. The van der Waals surface area contributed by atoms with Crippen molar-refractivity contribution >= 4 is 45.7 Å². The van der Waals surface area contributed by atoms with E-state index in [2.05, 4.69) is 17.6 Å². The summed E-state index contributed by atoms with van der Waals surface area (Å²) in [6, 6.07) is -0.832. The number of amides is 3. The second-order valence-electron chi connectivity index (χ2n) is 13.1. The molecule has 2 unspecified atom stereocenters. The van der Waals surface area contributed by atoms with Gasteiger partial charge in [0.2, 0.25) is 21.8 Å². The molecule has 0 aromatic carbocycles. The van der Waals surface area contributed by atoms with Gasteiger partial charge >= 0.3 is 12.1 Å². The van der Waals surface area contributed by atoms with Crippen LogP contribution in [0.15, 0.2) is 22.0 Å². The Labute approximate surface area is 264 Å². The first-order valence-electron chi connectivity index (χ1n) is 15.5. The van der Waals surface area contributed by atoms with E-state index in [4.69, 9.17) is 4.74 Å². The van der Waals surface area contributed by atoms with Crippen LogP contribution in [0.4, 0.5) is 4.79 Å². The Balaban J connectivity index is 1.29. The van der Waals surface area contributed by atoms with Gasteiger partial charge in [0.25, 0.3) is 0 Å². The van der Waals surface area contributed by atoms with Gasteiger partial charge < -0.3 is 25.4 Å². The van der Waals surface area contributed by atoms with Crippen molar-refractivity contribution in [3.8, 4) is 0 Å². The molecule has 14 heteroatoms. The molecule has 3 aliphatic heterocycles. The Morgan fingerprint density at radius 2 is 1.98 bits per heavy atom. The second kappa shape index (κ2) is 13.8. The maximum atomic E-state index is 13.2. The van der Waals surface area contributed by atoms with Crippen LogP contribution in [-0.4, -0.2) is 96.2 Å². The van der Waals surface area contributed by atoms with E-state index in [-0.39, 0.29) is 19.0 Å².